The Hall–Kier alpha value is -2.83. The Morgan fingerprint density at radius 1 is 1.00 bits per heavy atom. The number of rotatable bonds is 5. The lowest BCUT2D eigenvalue weighted by atomic mass is 10.1. The fourth-order valence-electron chi connectivity index (χ4n) is 2.91. The Bertz CT molecular complexity index is 1060. The molecule has 6 heteroatoms. The second-order valence-corrected chi connectivity index (χ2v) is 8.16. The Morgan fingerprint density at radius 3 is 2.61 bits per heavy atom. The average Bonchev–Trinajstić information content (AvgIpc) is 3.29. The van der Waals surface area contributed by atoms with Crippen LogP contribution in [0.2, 0.25) is 0 Å². The van der Waals surface area contributed by atoms with Crippen LogP contribution in [0.5, 0.6) is 5.75 Å². The van der Waals surface area contributed by atoms with Crippen molar-refractivity contribution in [3.8, 4) is 16.9 Å². The summed E-state index contributed by atoms with van der Waals surface area (Å²) in [6.07, 6.45) is 1.80. The van der Waals surface area contributed by atoms with Crippen molar-refractivity contribution in [1.29, 1.82) is 0 Å². The molecule has 1 aliphatic rings. The van der Waals surface area contributed by atoms with E-state index in [4.69, 9.17) is 4.74 Å². The first-order valence-electron chi connectivity index (χ1n) is 8.66. The minimum absolute atomic E-state index is 0.232. The highest BCUT2D eigenvalue weighted by Crippen LogP contribution is 2.35. The molecule has 28 heavy (non-hydrogen) atoms. The summed E-state index contributed by atoms with van der Waals surface area (Å²) in [4.78, 5) is 27.7. The van der Waals surface area contributed by atoms with Crippen molar-refractivity contribution in [2.45, 2.75) is 6.54 Å². The maximum Gasteiger partial charge on any atom is 0.293 e. The summed E-state index contributed by atoms with van der Waals surface area (Å²) >= 11 is 2.53. The Labute approximate surface area is 171 Å². The van der Waals surface area contributed by atoms with Gasteiger partial charge in [-0.15, -0.1) is 11.3 Å². The number of carbonyl (C=O) groups is 2. The average molecular weight is 408 g/mol. The van der Waals surface area contributed by atoms with Gasteiger partial charge in [-0.2, -0.15) is 0 Å². The number of hydrogen-bond donors (Lipinski definition) is 0. The normalized spacial score (nSPS) is 15.5. The van der Waals surface area contributed by atoms with Gasteiger partial charge in [0.2, 0.25) is 0 Å². The van der Waals surface area contributed by atoms with Crippen molar-refractivity contribution in [1.82, 2.24) is 4.90 Å². The summed E-state index contributed by atoms with van der Waals surface area (Å²) in [5.74, 6) is 0.558. The Morgan fingerprint density at radius 2 is 1.82 bits per heavy atom. The monoisotopic (exact) mass is 407 g/mol. The van der Waals surface area contributed by atoms with Gasteiger partial charge in [0.25, 0.3) is 11.1 Å². The van der Waals surface area contributed by atoms with Crippen LogP contribution in [0, 0.1) is 0 Å². The zero-order valence-corrected chi connectivity index (χ0v) is 16.8. The zero-order chi connectivity index (χ0) is 19.5. The summed E-state index contributed by atoms with van der Waals surface area (Å²) in [5, 5.41) is 1.80. The molecule has 0 saturated carbocycles. The van der Waals surface area contributed by atoms with E-state index < -0.39 is 0 Å². The number of thioether (sulfide) groups is 1. The topological polar surface area (TPSA) is 46.6 Å². The van der Waals surface area contributed by atoms with Gasteiger partial charge in [-0.3, -0.25) is 14.5 Å². The molecule has 2 heterocycles. The molecule has 4 rings (SSSR count). The van der Waals surface area contributed by atoms with Gasteiger partial charge in [0.05, 0.1) is 18.6 Å². The molecule has 2 aromatic carbocycles. The standard InChI is InChI=1S/C22H17NO3S2/c1-26-18-9-5-8-16(10-18)17-11-19(27-14-17)12-20-21(24)23(22(25)28-20)13-15-6-3-2-4-7-15/h2-12,14H,13H2,1H3/b20-12-. The Balaban J connectivity index is 1.54. The third kappa shape index (κ3) is 3.88. The van der Waals surface area contributed by atoms with E-state index >= 15 is 0 Å². The predicted molar refractivity (Wildman–Crippen MR) is 114 cm³/mol. The maximum absolute atomic E-state index is 12.7. The number of ether oxygens (including phenoxy) is 1. The molecule has 1 aromatic heterocycles. The molecule has 1 aliphatic heterocycles. The van der Waals surface area contributed by atoms with E-state index in [9.17, 15) is 9.59 Å². The smallest absolute Gasteiger partial charge is 0.293 e. The summed E-state index contributed by atoms with van der Waals surface area (Å²) in [5.41, 5.74) is 3.04. The number of benzene rings is 2. The van der Waals surface area contributed by atoms with Gasteiger partial charge in [0.1, 0.15) is 5.75 Å². The van der Waals surface area contributed by atoms with E-state index in [1.54, 1.807) is 24.5 Å². The highest BCUT2D eigenvalue weighted by Gasteiger charge is 2.35. The van der Waals surface area contributed by atoms with Crippen LogP contribution in [-0.2, 0) is 11.3 Å². The zero-order valence-electron chi connectivity index (χ0n) is 15.1. The van der Waals surface area contributed by atoms with E-state index in [0.717, 1.165) is 39.1 Å². The first-order valence-corrected chi connectivity index (χ1v) is 10.4. The van der Waals surface area contributed by atoms with E-state index in [2.05, 4.69) is 0 Å². The van der Waals surface area contributed by atoms with Crippen molar-refractivity contribution < 1.29 is 14.3 Å². The van der Waals surface area contributed by atoms with Crippen molar-refractivity contribution >= 4 is 40.3 Å². The van der Waals surface area contributed by atoms with E-state index in [-0.39, 0.29) is 11.1 Å². The van der Waals surface area contributed by atoms with Crippen molar-refractivity contribution in [3.63, 3.8) is 0 Å². The molecule has 0 radical (unpaired) electrons. The molecule has 0 spiro atoms. The minimum atomic E-state index is -0.241. The summed E-state index contributed by atoms with van der Waals surface area (Å²) in [6, 6.07) is 19.4. The van der Waals surface area contributed by atoms with Gasteiger partial charge in [0.15, 0.2) is 0 Å². The predicted octanol–water partition coefficient (Wildman–Crippen LogP) is 5.66. The highest BCUT2D eigenvalue weighted by atomic mass is 32.2. The number of hydrogen-bond acceptors (Lipinski definition) is 5. The van der Waals surface area contributed by atoms with Crippen molar-refractivity contribution in [2.24, 2.45) is 0 Å². The van der Waals surface area contributed by atoms with Gasteiger partial charge in [-0.1, -0.05) is 42.5 Å². The molecular weight excluding hydrogens is 390 g/mol. The van der Waals surface area contributed by atoms with Gasteiger partial charge in [0, 0.05) is 4.88 Å². The molecule has 1 fully saturated rings. The summed E-state index contributed by atoms with van der Waals surface area (Å²) < 4.78 is 5.28. The molecule has 0 atom stereocenters. The number of carbonyl (C=O) groups excluding carboxylic acids is 2. The highest BCUT2D eigenvalue weighted by molar-refractivity contribution is 8.18. The van der Waals surface area contributed by atoms with E-state index in [0.29, 0.717) is 11.4 Å². The van der Waals surface area contributed by atoms with Crippen molar-refractivity contribution in [3.05, 3.63) is 81.4 Å². The first kappa shape index (κ1) is 18.5. The maximum atomic E-state index is 12.7. The van der Waals surface area contributed by atoms with Crippen LogP contribution in [0.25, 0.3) is 17.2 Å². The molecule has 0 unspecified atom stereocenters. The second-order valence-electron chi connectivity index (χ2n) is 6.22. The molecule has 2 amide bonds. The number of imide groups is 1. The third-order valence-corrected chi connectivity index (χ3v) is 6.14. The largest absolute Gasteiger partial charge is 0.497 e. The lowest BCUT2D eigenvalue weighted by molar-refractivity contribution is -0.123. The molecule has 3 aromatic rings. The molecule has 1 saturated heterocycles. The number of nitrogens with zero attached hydrogens (tertiary/aromatic N) is 1. The molecule has 0 aliphatic carbocycles. The lowest BCUT2D eigenvalue weighted by Gasteiger charge is -2.11. The van der Waals surface area contributed by atoms with Crippen LogP contribution < -0.4 is 4.74 Å². The molecule has 140 valence electrons. The quantitative estimate of drug-likeness (QED) is 0.512. The van der Waals surface area contributed by atoms with Gasteiger partial charge in [-0.05, 0) is 58.1 Å². The minimum Gasteiger partial charge on any atom is -0.497 e. The van der Waals surface area contributed by atoms with E-state index in [1.807, 2.05) is 66.0 Å². The first-order chi connectivity index (χ1) is 13.6. The second kappa shape index (κ2) is 8.04. The summed E-state index contributed by atoms with van der Waals surface area (Å²) in [7, 11) is 1.64. The number of thiophene rings is 1. The number of methoxy groups -OCH3 is 1. The van der Waals surface area contributed by atoms with Crippen LogP contribution in [-0.4, -0.2) is 23.2 Å². The Kier molecular flexibility index (Phi) is 5.32. The molecular formula is C22H17NO3S2. The van der Waals surface area contributed by atoms with Crippen LogP contribution in [0.4, 0.5) is 4.79 Å². The molecule has 0 bridgehead atoms. The van der Waals surface area contributed by atoms with Gasteiger partial charge >= 0.3 is 0 Å². The molecule has 4 nitrogen and oxygen atoms in total. The van der Waals surface area contributed by atoms with Gasteiger partial charge in [-0.25, -0.2) is 0 Å². The fourth-order valence-corrected chi connectivity index (χ4v) is 4.67. The van der Waals surface area contributed by atoms with Crippen LogP contribution in [0.15, 0.2) is 70.9 Å². The van der Waals surface area contributed by atoms with Crippen LogP contribution >= 0.6 is 23.1 Å². The van der Waals surface area contributed by atoms with Crippen LogP contribution in [0.3, 0.4) is 0 Å². The van der Waals surface area contributed by atoms with Crippen molar-refractivity contribution in [2.75, 3.05) is 7.11 Å². The summed E-state index contributed by atoms with van der Waals surface area (Å²) in [6.45, 7) is 0.294. The number of amides is 2. The molecule has 0 N–H and O–H groups in total. The van der Waals surface area contributed by atoms with Crippen LogP contribution in [0.1, 0.15) is 10.4 Å². The fraction of sp³-hybridized carbons (Fsp3) is 0.0909. The van der Waals surface area contributed by atoms with E-state index in [1.165, 1.54) is 4.90 Å². The lowest BCUT2D eigenvalue weighted by Crippen LogP contribution is -2.27. The van der Waals surface area contributed by atoms with Gasteiger partial charge < -0.3 is 4.74 Å². The SMILES string of the molecule is COc1cccc(-c2csc(/C=C3\SC(=O)N(Cc4ccccc4)C3=O)c2)c1. The third-order valence-electron chi connectivity index (χ3n) is 4.35.